The standard InChI is InChI=1S/C16H11N3O3/c20-16(11-2-1-3-12-15(11)18-7-6-17-12)19-10-4-5-13-14(8-10)22-9-21-13/h1-8H,9H2,(H,19,20). The number of anilines is 1. The molecule has 0 bridgehead atoms. The maximum atomic E-state index is 12.5. The van der Waals surface area contributed by atoms with Gasteiger partial charge in [0.25, 0.3) is 5.91 Å². The molecule has 2 heterocycles. The lowest BCUT2D eigenvalue weighted by molar-refractivity contribution is 0.102. The van der Waals surface area contributed by atoms with Crippen LogP contribution in [0.25, 0.3) is 11.0 Å². The highest BCUT2D eigenvalue weighted by atomic mass is 16.7. The van der Waals surface area contributed by atoms with E-state index < -0.39 is 0 Å². The molecule has 1 aliphatic rings. The van der Waals surface area contributed by atoms with Gasteiger partial charge >= 0.3 is 0 Å². The fourth-order valence-corrected chi connectivity index (χ4v) is 2.35. The Morgan fingerprint density at radius 1 is 1.05 bits per heavy atom. The normalized spacial score (nSPS) is 12.4. The highest BCUT2D eigenvalue weighted by Gasteiger charge is 2.16. The average molecular weight is 293 g/mol. The molecule has 0 radical (unpaired) electrons. The molecule has 1 aliphatic heterocycles. The lowest BCUT2D eigenvalue weighted by atomic mass is 10.1. The molecule has 2 aromatic carbocycles. The van der Waals surface area contributed by atoms with E-state index in [0.29, 0.717) is 33.8 Å². The second-order valence-electron chi connectivity index (χ2n) is 4.75. The summed E-state index contributed by atoms with van der Waals surface area (Å²) in [5.74, 6) is 1.05. The van der Waals surface area contributed by atoms with Gasteiger partial charge in [-0.15, -0.1) is 0 Å². The molecule has 22 heavy (non-hydrogen) atoms. The Morgan fingerprint density at radius 2 is 1.91 bits per heavy atom. The Kier molecular flexibility index (Phi) is 2.86. The van der Waals surface area contributed by atoms with Crippen LogP contribution in [0.4, 0.5) is 5.69 Å². The molecular weight excluding hydrogens is 282 g/mol. The van der Waals surface area contributed by atoms with E-state index in [-0.39, 0.29) is 12.7 Å². The molecule has 0 saturated heterocycles. The number of amides is 1. The molecule has 0 atom stereocenters. The Hall–Kier alpha value is -3.15. The average Bonchev–Trinajstić information content (AvgIpc) is 3.02. The zero-order valence-corrected chi connectivity index (χ0v) is 11.4. The molecule has 1 aromatic heterocycles. The van der Waals surface area contributed by atoms with Crippen molar-refractivity contribution >= 4 is 22.6 Å². The van der Waals surface area contributed by atoms with Crippen molar-refractivity contribution in [1.82, 2.24) is 9.97 Å². The Balaban J connectivity index is 1.66. The predicted molar refractivity (Wildman–Crippen MR) is 80.1 cm³/mol. The van der Waals surface area contributed by atoms with Crippen LogP contribution in [0.2, 0.25) is 0 Å². The summed E-state index contributed by atoms with van der Waals surface area (Å²) in [5, 5.41) is 2.84. The van der Waals surface area contributed by atoms with Gasteiger partial charge in [0.15, 0.2) is 11.5 Å². The van der Waals surface area contributed by atoms with Gasteiger partial charge in [0.1, 0.15) is 5.52 Å². The maximum Gasteiger partial charge on any atom is 0.257 e. The molecule has 0 fully saturated rings. The van der Waals surface area contributed by atoms with Crippen LogP contribution in [0, 0.1) is 0 Å². The summed E-state index contributed by atoms with van der Waals surface area (Å²) in [5.41, 5.74) is 2.36. The minimum Gasteiger partial charge on any atom is -0.454 e. The van der Waals surface area contributed by atoms with Gasteiger partial charge in [-0.05, 0) is 24.3 Å². The number of benzene rings is 2. The molecule has 3 aromatic rings. The first-order chi connectivity index (χ1) is 10.8. The zero-order chi connectivity index (χ0) is 14.9. The van der Waals surface area contributed by atoms with Gasteiger partial charge in [0.2, 0.25) is 6.79 Å². The van der Waals surface area contributed by atoms with Gasteiger partial charge in [-0.1, -0.05) is 6.07 Å². The van der Waals surface area contributed by atoms with Crippen LogP contribution in [0.3, 0.4) is 0 Å². The van der Waals surface area contributed by atoms with Gasteiger partial charge < -0.3 is 14.8 Å². The summed E-state index contributed by atoms with van der Waals surface area (Å²) < 4.78 is 10.5. The first-order valence-electron chi connectivity index (χ1n) is 6.72. The van der Waals surface area contributed by atoms with E-state index in [4.69, 9.17) is 9.47 Å². The van der Waals surface area contributed by atoms with Crippen molar-refractivity contribution in [3.8, 4) is 11.5 Å². The summed E-state index contributed by atoms with van der Waals surface area (Å²) >= 11 is 0. The van der Waals surface area contributed by atoms with Crippen molar-refractivity contribution < 1.29 is 14.3 Å². The van der Waals surface area contributed by atoms with Crippen LogP contribution in [0.1, 0.15) is 10.4 Å². The van der Waals surface area contributed by atoms with Crippen molar-refractivity contribution in [3.05, 3.63) is 54.4 Å². The molecule has 6 heteroatoms. The van der Waals surface area contributed by atoms with Crippen molar-refractivity contribution in [3.63, 3.8) is 0 Å². The van der Waals surface area contributed by atoms with Crippen molar-refractivity contribution in [2.24, 2.45) is 0 Å². The minimum absolute atomic E-state index is 0.200. The molecule has 0 spiro atoms. The summed E-state index contributed by atoms with van der Waals surface area (Å²) in [4.78, 5) is 20.9. The van der Waals surface area contributed by atoms with E-state index in [2.05, 4.69) is 15.3 Å². The first kappa shape index (κ1) is 12.6. The number of fused-ring (bicyclic) bond motifs is 2. The molecule has 0 unspecified atom stereocenters. The Morgan fingerprint density at radius 3 is 2.86 bits per heavy atom. The second kappa shape index (κ2) is 5.00. The van der Waals surface area contributed by atoms with Crippen LogP contribution in [0.15, 0.2) is 48.8 Å². The number of rotatable bonds is 2. The Labute approximate surface area is 125 Å². The number of nitrogens with zero attached hydrogens (tertiary/aromatic N) is 2. The quantitative estimate of drug-likeness (QED) is 0.786. The fraction of sp³-hybridized carbons (Fsp3) is 0.0625. The molecule has 1 N–H and O–H groups in total. The third-order valence-corrected chi connectivity index (χ3v) is 3.37. The Bertz CT molecular complexity index is 874. The van der Waals surface area contributed by atoms with E-state index in [0.717, 1.165) is 0 Å². The minimum atomic E-state index is -0.245. The lowest BCUT2D eigenvalue weighted by Crippen LogP contribution is -2.12. The number of carbonyl (C=O) groups is 1. The van der Waals surface area contributed by atoms with E-state index in [1.165, 1.54) is 0 Å². The zero-order valence-electron chi connectivity index (χ0n) is 11.4. The van der Waals surface area contributed by atoms with Crippen LogP contribution in [-0.4, -0.2) is 22.7 Å². The number of hydrogen-bond donors (Lipinski definition) is 1. The summed E-state index contributed by atoms with van der Waals surface area (Å²) in [6, 6.07) is 10.6. The largest absolute Gasteiger partial charge is 0.454 e. The van der Waals surface area contributed by atoms with Gasteiger partial charge in [-0.3, -0.25) is 14.8 Å². The van der Waals surface area contributed by atoms with Crippen LogP contribution < -0.4 is 14.8 Å². The van der Waals surface area contributed by atoms with E-state index in [1.807, 2.05) is 6.07 Å². The van der Waals surface area contributed by atoms with Gasteiger partial charge in [0, 0.05) is 24.1 Å². The molecule has 1 amide bonds. The fourth-order valence-electron chi connectivity index (χ4n) is 2.35. The third-order valence-electron chi connectivity index (χ3n) is 3.37. The molecule has 6 nitrogen and oxygen atoms in total. The number of carbonyl (C=O) groups excluding carboxylic acids is 1. The van der Waals surface area contributed by atoms with Crippen molar-refractivity contribution in [2.75, 3.05) is 12.1 Å². The highest BCUT2D eigenvalue weighted by molar-refractivity contribution is 6.11. The molecule has 108 valence electrons. The first-order valence-corrected chi connectivity index (χ1v) is 6.72. The smallest absolute Gasteiger partial charge is 0.257 e. The van der Waals surface area contributed by atoms with E-state index in [9.17, 15) is 4.79 Å². The highest BCUT2D eigenvalue weighted by Crippen LogP contribution is 2.34. The molecule has 0 saturated carbocycles. The van der Waals surface area contributed by atoms with Gasteiger partial charge in [-0.25, -0.2) is 0 Å². The third kappa shape index (κ3) is 2.10. The number of ether oxygens (including phenoxy) is 2. The summed E-state index contributed by atoms with van der Waals surface area (Å²) in [7, 11) is 0. The monoisotopic (exact) mass is 293 g/mol. The second-order valence-corrected chi connectivity index (χ2v) is 4.75. The predicted octanol–water partition coefficient (Wildman–Crippen LogP) is 2.61. The topological polar surface area (TPSA) is 73.3 Å². The number of aromatic nitrogens is 2. The van der Waals surface area contributed by atoms with Crippen LogP contribution >= 0.6 is 0 Å². The van der Waals surface area contributed by atoms with Gasteiger partial charge in [-0.2, -0.15) is 0 Å². The van der Waals surface area contributed by atoms with Crippen LogP contribution in [-0.2, 0) is 0 Å². The molecule has 4 rings (SSSR count). The number of para-hydroxylation sites is 1. The van der Waals surface area contributed by atoms with Gasteiger partial charge in [0.05, 0.1) is 11.1 Å². The van der Waals surface area contributed by atoms with Crippen LogP contribution in [0.5, 0.6) is 11.5 Å². The summed E-state index contributed by atoms with van der Waals surface area (Å²) in [6.45, 7) is 0.200. The van der Waals surface area contributed by atoms with Crippen molar-refractivity contribution in [1.29, 1.82) is 0 Å². The summed E-state index contributed by atoms with van der Waals surface area (Å²) in [6.07, 6.45) is 3.17. The van der Waals surface area contributed by atoms with E-state index in [1.54, 1.807) is 42.7 Å². The maximum absolute atomic E-state index is 12.5. The lowest BCUT2D eigenvalue weighted by Gasteiger charge is -2.07. The molecular formula is C16H11N3O3. The number of hydrogen-bond acceptors (Lipinski definition) is 5. The molecule has 0 aliphatic carbocycles. The van der Waals surface area contributed by atoms with E-state index >= 15 is 0 Å². The van der Waals surface area contributed by atoms with Crippen molar-refractivity contribution in [2.45, 2.75) is 0 Å². The SMILES string of the molecule is O=C(Nc1ccc2c(c1)OCO2)c1cccc2nccnc12. The number of nitrogens with one attached hydrogen (secondary N) is 1.